The van der Waals surface area contributed by atoms with Crippen molar-refractivity contribution in [3.8, 4) is 0 Å². The molecule has 122 valence electrons. The number of hydrogen-bond donors (Lipinski definition) is 0. The number of ether oxygens (including phenoxy) is 2. The molecule has 2 heterocycles. The van der Waals surface area contributed by atoms with Crippen LogP contribution in [0.1, 0.15) is 25.7 Å². The van der Waals surface area contributed by atoms with Crippen LogP contribution in [0.2, 0.25) is 0 Å². The van der Waals surface area contributed by atoms with E-state index in [1.165, 1.54) is 6.42 Å². The summed E-state index contributed by atoms with van der Waals surface area (Å²) in [6.45, 7) is 2.49. The zero-order chi connectivity index (χ0) is 15.4. The summed E-state index contributed by atoms with van der Waals surface area (Å²) in [6, 6.07) is 0.143. The van der Waals surface area contributed by atoms with Crippen molar-refractivity contribution >= 4 is 5.91 Å². The monoisotopic (exact) mass is 308 g/mol. The summed E-state index contributed by atoms with van der Waals surface area (Å²) < 4.78 is 12.9. The van der Waals surface area contributed by atoms with E-state index in [0.717, 1.165) is 12.8 Å². The summed E-state index contributed by atoms with van der Waals surface area (Å²) in [4.78, 5) is 14.6. The second-order valence-corrected chi connectivity index (χ2v) is 6.01. The van der Waals surface area contributed by atoms with Crippen LogP contribution in [0.15, 0.2) is 12.4 Å². The quantitative estimate of drug-likeness (QED) is 0.801. The highest BCUT2D eigenvalue weighted by molar-refractivity contribution is 5.76. The fourth-order valence-electron chi connectivity index (χ4n) is 3.68. The second kappa shape index (κ2) is 7.19. The smallest absolute Gasteiger partial charge is 0.224 e. The van der Waals surface area contributed by atoms with Crippen LogP contribution in [-0.2, 0) is 20.8 Å². The molecule has 7 nitrogen and oxygen atoms in total. The van der Waals surface area contributed by atoms with Gasteiger partial charge in [0.15, 0.2) is 0 Å². The molecule has 1 amide bonds. The van der Waals surface area contributed by atoms with Gasteiger partial charge in [-0.05, 0) is 12.8 Å². The van der Waals surface area contributed by atoms with Gasteiger partial charge in [-0.1, -0.05) is 11.6 Å². The van der Waals surface area contributed by atoms with Crippen molar-refractivity contribution in [3.63, 3.8) is 0 Å². The highest BCUT2D eigenvalue weighted by Gasteiger charge is 2.40. The average Bonchev–Trinajstić information content (AvgIpc) is 3.23. The van der Waals surface area contributed by atoms with Gasteiger partial charge < -0.3 is 14.4 Å². The van der Waals surface area contributed by atoms with Gasteiger partial charge in [0.25, 0.3) is 0 Å². The van der Waals surface area contributed by atoms with E-state index in [1.54, 1.807) is 24.2 Å². The number of carbonyl (C=O) groups excluding carboxylic acids is 1. The van der Waals surface area contributed by atoms with Crippen molar-refractivity contribution < 1.29 is 14.3 Å². The lowest BCUT2D eigenvalue weighted by molar-refractivity contribution is -0.144. The molecule has 0 bridgehead atoms. The Morgan fingerprint density at radius 1 is 1.45 bits per heavy atom. The number of morpholine rings is 1. The molecule has 1 aliphatic carbocycles. The molecule has 0 spiro atoms. The number of aromatic nitrogens is 3. The van der Waals surface area contributed by atoms with E-state index in [2.05, 4.69) is 10.3 Å². The van der Waals surface area contributed by atoms with Gasteiger partial charge in [-0.25, -0.2) is 0 Å². The third kappa shape index (κ3) is 3.30. The van der Waals surface area contributed by atoms with Crippen LogP contribution in [0, 0.1) is 5.92 Å². The maximum absolute atomic E-state index is 12.6. The summed E-state index contributed by atoms with van der Waals surface area (Å²) in [5, 5.41) is 7.67. The van der Waals surface area contributed by atoms with E-state index in [0.29, 0.717) is 38.6 Å². The molecule has 0 aromatic carbocycles. The predicted octanol–water partition coefficient (Wildman–Crippen LogP) is 0.711. The van der Waals surface area contributed by atoms with Crippen LogP contribution in [0.5, 0.6) is 0 Å². The lowest BCUT2D eigenvalue weighted by Gasteiger charge is -2.40. The Bertz CT molecular complexity index is 479. The molecule has 1 aromatic heterocycles. The van der Waals surface area contributed by atoms with E-state index >= 15 is 0 Å². The SMILES string of the molecule is CO[C@@H]1CCC[C@H]1[C@H]1COCCN1C(=O)CCn1ccnn1. The van der Waals surface area contributed by atoms with Gasteiger partial charge in [0.1, 0.15) is 0 Å². The molecule has 1 saturated carbocycles. The van der Waals surface area contributed by atoms with Gasteiger partial charge in [0.05, 0.1) is 38.1 Å². The summed E-state index contributed by atoms with van der Waals surface area (Å²) >= 11 is 0. The highest BCUT2D eigenvalue weighted by atomic mass is 16.5. The number of aryl methyl sites for hydroxylation is 1. The lowest BCUT2D eigenvalue weighted by Crippen LogP contribution is -2.53. The van der Waals surface area contributed by atoms with Crippen LogP contribution >= 0.6 is 0 Å². The molecule has 0 radical (unpaired) electrons. The maximum Gasteiger partial charge on any atom is 0.224 e. The van der Waals surface area contributed by atoms with Crippen LogP contribution in [0.25, 0.3) is 0 Å². The molecule has 2 aliphatic rings. The van der Waals surface area contributed by atoms with Crippen molar-refractivity contribution in [1.29, 1.82) is 0 Å². The van der Waals surface area contributed by atoms with Crippen LogP contribution < -0.4 is 0 Å². The first-order valence-corrected chi connectivity index (χ1v) is 8.03. The molecule has 0 unspecified atom stereocenters. The van der Waals surface area contributed by atoms with Crippen LogP contribution in [-0.4, -0.2) is 64.8 Å². The summed E-state index contributed by atoms with van der Waals surface area (Å²) in [6.07, 6.45) is 7.46. The molecule has 3 atom stereocenters. The topological polar surface area (TPSA) is 69.5 Å². The standard InChI is InChI=1S/C15H24N4O3/c1-21-14-4-2-3-12(14)13-11-22-10-9-19(13)15(20)5-7-18-8-6-16-17-18/h6,8,12-14H,2-5,7,9-11H2,1H3/t12-,13+,14+/m0/s1. The molecule has 2 fully saturated rings. The molecule has 1 saturated heterocycles. The largest absolute Gasteiger partial charge is 0.381 e. The number of nitrogens with zero attached hydrogens (tertiary/aromatic N) is 4. The highest BCUT2D eigenvalue weighted by Crippen LogP contribution is 2.34. The fraction of sp³-hybridized carbons (Fsp3) is 0.800. The van der Waals surface area contributed by atoms with Crippen molar-refractivity contribution in [2.75, 3.05) is 26.9 Å². The molecule has 3 rings (SSSR count). The Labute approximate surface area is 130 Å². The maximum atomic E-state index is 12.6. The number of amides is 1. The molecule has 7 heteroatoms. The number of carbonyl (C=O) groups is 1. The molecule has 22 heavy (non-hydrogen) atoms. The molecule has 1 aliphatic heterocycles. The Morgan fingerprint density at radius 2 is 2.36 bits per heavy atom. The van der Waals surface area contributed by atoms with Crippen molar-refractivity contribution in [2.45, 2.75) is 44.4 Å². The molecular formula is C15H24N4O3. The van der Waals surface area contributed by atoms with Gasteiger partial charge in [-0.3, -0.25) is 9.48 Å². The van der Waals surface area contributed by atoms with Gasteiger partial charge in [-0.2, -0.15) is 0 Å². The van der Waals surface area contributed by atoms with E-state index in [-0.39, 0.29) is 18.1 Å². The first-order chi connectivity index (χ1) is 10.8. The zero-order valence-electron chi connectivity index (χ0n) is 13.1. The fourth-order valence-corrected chi connectivity index (χ4v) is 3.68. The first-order valence-electron chi connectivity index (χ1n) is 8.03. The summed E-state index contributed by atoms with van der Waals surface area (Å²) in [5.41, 5.74) is 0. The number of methoxy groups -OCH3 is 1. The van der Waals surface area contributed by atoms with Gasteiger partial charge in [0.2, 0.25) is 5.91 Å². The summed E-state index contributed by atoms with van der Waals surface area (Å²) in [7, 11) is 1.77. The Balaban J connectivity index is 1.62. The normalized spacial score (nSPS) is 29.0. The molecular weight excluding hydrogens is 284 g/mol. The minimum Gasteiger partial charge on any atom is -0.381 e. The Hall–Kier alpha value is -1.47. The van der Waals surface area contributed by atoms with Crippen LogP contribution in [0.3, 0.4) is 0 Å². The van der Waals surface area contributed by atoms with E-state index in [9.17, 15) is 4.79 Å². The average molecular weight is 308 g/mol. The Morgan fingerprint density at radius 3 is 3.14 bits per heavy atom. The molecule has 0 N–H and O–H groups in total. The minimum absolute atomic E-state index is 0.143. The van der Waals surface area contributed by atoms with Gasteiger partial charge in [0, 0.05) is 32.2 Å². The zero-order valence-corrected chi connectivity index (χ0v) is 13.1. The molecule has 1 aromatic rings. The Kier molecular flexibility index (Phi) is 5.04. The van der Waals surface area contributed by atoms with Gasteiger partial charge in [-0.15, -0.1) is 5.10 Å². The van der Waals surface area contributed by atoms with Gasteiger partial charge >= 0.3 is 0 Å². The van der Waals surface area contributed by atoms with E-state index in [1.807, 2.05) is 4.90 Å². The minimum atomic E-state index is 0.143. The third-order valence-corrected chi connectivity index (χ3v) is 4.81. The van der Waals surface area contributed by atoms with E-state index < -0.39 is 0 Å². The first kappa shape index (κ1) is 15.4. The van der Waals surface area contributed by atoms with Crippen LogP contribution in [0.4, 0.5) is 0 Å². The number of hydrogen-bond acceptors (Lipinski definition) is 5. The van der Waals surface area contributed by atoms with E-state index in [4.69, 9.17) is 9.47 Å². The van der Waals surface area contributed by atoms with Crippen molar-refractivity contribution in [3.05, 3.63) is 12.4 Å². The predicted molar refractivity (Wildman–Crippen MR) is 79.1 cm³/mol. The lowest BCUT2D eigenvalue weighted by atomic mass is 9.94. The summed E-state index contributed by atoms with van der Waals surface area (Å²) in [5.74, 6) is 0.561. The number of rotatable bonds is 5. The van der Waals surface area contributed by atoms with Crippen molar-refractivity contribution in [1.82, 2.24) is 19.9 Å². The second-order valence-electron chi connectivity index (χ2n) is 6.01. The van der Waals surface area contributed by atoms with Crippen molar-refractivity contribution in [2.24, 2.45) is 5.92 Å². The third-order valence-electron chi connectivity index (χ3n) is 4.81.